The van der Waals surface area contributed by atoms with E-state index in [0.717, 1.165) is 24.7 Å². The van der Waals surface area contributed by atoms with Gasteiger partial charge in [-0.2, -0.15) is 0 Å². The Hall–Kier alpha value is -1.89. The van der Waals surface area contributed by atoms with Crippen molar-refractivity contribution in [2.75, 3.05) is 13.2 Å². The fourth-order valence-corrected chi connectivity index (χ4v) is 4.09. The molecule has 2 unspecified atom stereocenters. The molecule has 1 aliphatic heterocycles. The van der Waals surface area contributed by atoms with Crippen molar-refractivity contribution in [2.24, 2.45) is 17.8 Å². The quantitative estimate of drug-likeness (QED) is 0.330. The first kappa shape index (κ1) is 28.1. The maximum Gasteiger partial charge on any atom is 0.303 e. The first-order chi connectivity index (χ1) is 15.0. The van der Waals surface area contributed by atoms with Crippen LogP contribution in [0.25, 0.3) is 0 Å². The molecule has 1 N–H and O–H groups in total. The first-order valence-corrected chi connectivity index (χ1v) is 11.8. The molecule has 0 radical (unpaired) electrons. The van der Waals surface area contributed by atoms with Crippen LogP contribution < -0.4 is 0 Å². The fourth-order valence-electron chi connectivity index (χ4n) is 4.09. The average Bonchev–Trinajstić information content (AvgIpc) is 2.85. The average molecular weight is 455 g/mol. The normalized spacial score (nSPS) is 25.2. The van der Waals surface area contributed by atoms with E-state index in [1.165, 1.54) is 13.8 Å². The second kappa shape index (κ2) is 13.6. The Morgan fingerprint density at radius 1 is 1.16 bits per heavy atom. The molecule has 0 spiro atoms. The van der Waals surface area contributed by atoms with Gasteiger partial charge >= 0.3 is 11.9 Å². The van der Waals surface area contributed by atoms with E-state index in [2.05, 4.69) is 0 Å². The number of aliphatic hydroxyl groups is 1. The third-order valence-electron chi connectivity index (χ3n) is 6.45. The van der Waals surface area contributed by atoms with Gasteiger partial charge < -0.3 is 19.3 Å². The minimum atomic E-state index is -0.626. The molecule has 0 aromatic rings. The van der Waals surface area contributed by atoms with Gasteiger partial charge in [0.2, 0.25) is 0 Å². The molecule has 1 saturated heterocycles. The zero-order chi connectivity index (χ0) is 24.3. The van der Waals surface area contributed by atoms with E-state index in [1.807, 2.05) is 27.7 Å². The number of ketones is 1. The van der Waals surface area contributed by atoms with Crippen molar-refractivity contribution >= 4 is 17.7 Å². The third-order valence-corrected chi connectivity index (χ3v) is 6.45. The zero-order valence-electron chi connectivity index (χ0n) is 20.6. The predicted octanol–water partition coefficient (Wildman–Crippen LogP) is 4.92. The number of rotatable bonds is 12. The standard InChI is InChI=1S/C25H42O7/c1-17(2)22(15-26)14-23(29)18(3)8-7-12-25(6)24(32-20(5)28)10-9-21(16-31-25)11-13-30-19(4)27/h15,17-18,21,24,26H,7-14,16H2,1-6H3/t18?,21?,24-,25+/m1/s1. The highest BCUT2D eigenvalue weighted by Gasteiger charge is 2.40. The van der Waals surface area contributed by atoms with Crippen LogP contribution in [0, 0.1) is 17.8 Å². The summed E-state index contributed by atoms with van der Waals surface area (Å²) in [6.45, 7) is 11.5. The van der Waals surface area contributed by atoms with E-state index in [0.29, 0.717) is 38.9 Å². The van der Waals surface area contributed by atoms with Crippen LogP contribution >= 0.6 is 0 Å². The molecule has 0 bridgehead atoms. The Balaban J connectivity index is 2.67. The number of ether oxygens (including phenoxy) is 3. The van der Waals surface area contributed by atoms with Crippen LogP contribution in [0.2, 0.25) is 0 Å². The number of hydrogen-bond acceptors (Lipinski definition) is 7. The van der Waals surface area contributed by atoms with E-state index in [4.69, 9.17) is 14.2 Å². The molecule has 0 saturated carbocycles. The number of Topliss-reactive ketones (excluding diaryl/α,β-unsaturated/α-hetero) is 1. The summed E-state index contributed by atoms with van der Waals surface area (Å²) in [6.07, 6.45) is 5.34. The van der Waals surface area contributed by atoms with Crippen LogP contribution in [-0.4, -0.2) is 47.7 Å². The summed E-state index contributed by atoms with van der Waals surface area (Å²) in [7, 11) is 0. The van der Waals surface area contributed by atoms with E-state index >= 15 is 0 Å². The fraction of sp³-hybridized carbons (Fsp3) is 0.800. The lowest BCUT2D eigenvalue weighted by Crippen LogP contribution is -2.44. The minimum Gasteiger partial charge on any atom is -0.516 e. The van der Waals surface area contributed by atoms with Crippen LogP contribution in [0.1, 0.15) is 86.5 Å². The van der Waals surface area contributed by atoms with Crippen molar-refractivity contribution in [3.05, 3.63) is 11.8 Å². The first-order valence-electron chi connectivity index (χ1n) is 11.8. The van der Waals surface area contributed by atoms with Crippen LogP contribution in [0.4, 0.5) is 0 Å². The van der Waals surface area contributed by atoms with E-state index in [9.17, 15) is 19.5 Å². The van der Waals surface area contributed by atoms with Gasteiger partial charge in [0.1, 0.15) is 17.5 Å². The molecule has 0 aromatic carbocycles. The van der Waals surface area contributed by atoms with Gasteiger partial charge in [0.25, 0.3) is 0 Å². The van der Waals surface area contributed by atoms with Crippen molar-refractivity contribution in [1.82, 2.24) is 0 Å². The molecule has 1 rings (SSSR count). The summed E-state index contributed by atoms with van der Waals surface area (Å²) in [5, 5.41) is 9.34. The summed E-state index contributed by atoms with van der Waals surface area (Å²) in [6, 6.07) is 0. The van der Waals surface area contributed by atoms with Crippen molar-refractivity contribution in [3.8, 4) is 0 Å². The molecule has 4 atom stereocenters. The van der Waals surface area contributed by atoms with Gasteiger partial charge in [0.05, 0.1) is 19.5 Å². The third kappa shape index (κ3) is 9.72. The van der Waals surface area contributed by atoms with Gasteiger partial charge in [-0.05, 0) is 62.9 Å². The second-order valence-electron chi connectivity index (χ2n) is 9.59. The molecule has 0 amide bonds. The minimum absolute atomic E-state index is 0.119. The molecular formula is C25H42O7. The molecule has 0 aromatic heterocycles. The van der Waals surface area contributed by atoms with Gasteiger partial charge in [-0.25, -0.2) is 0 Å². The molecule has 7 heteroatoms. The van der Waals surface area contributed by atoms with E-state index in [-0.39, 0.29) is 48.0 Å². The van der Waals surface area contributed by atoms with Crippen LogP contribution in [0.15, 0.2) is 11.8 Å². The lowest BCUT2D eigenvalue weighted by atomic mass is 9.86. The lowest BCUT2D eigenvalue weighted by molar-refractivity contribution is -0.169. The summed E-state index contributed by atoms with van der Waals surface area (Å²) in [5.41, 5.74) is 0.120. The highest BCUT2D eigenvalue weighted by atomic mass is 16.6. The molecular weight excluding hydrogens is 412 g/mol. The van der Waals surface area contributed by atoms with Crippen molar-refractivity contribution in [1.29, 1.82) is 0 Å². The Morgan fingerprint density at radius 2 is 1.84 bits per heavy atom. The smallest absolute Gasteiger partial charge is 0.303 e. The number of esters is 2. The number of aliphatic hydroxyl groups excluding tert-OH is 1. The second-order valence-corrected chi connectivity index (χ2v) is 9.59. The lowest BCUT2D eigenvalue weighted by Gasteiger charge is -2.35. The molecule has 1 fully saturated rings. The molecule has 1 heterocycles. The summed E-state index contributed by atoms with van der Waals surface area (Å²) >= 11 is 0. The Kier molecular flexibility index (Phi) is 12.0. The Labute approximate surface area is 192 Å². The highest BCUT2D eigenvalue weighted by molar-refractivity contribution is 5.82. The monoisotopic (exact) mass is 454 g/mol. The van der Waals surface area contributed by atoms with Crippen LogP contribution in [-0.2, 0) is 28.6 Å². The largest absolute Gasteiger partial charge is 0.516 e. The number of carbonyl (C=O) groups is 3. The summed E-state index contributed by atoms with van der Waals surface area (Å²) in [4.78, 5) is 35.2. The zero-order valence-corrected chi connectivity index (χ0v) is 20.6. The molecule has 32 heavy (non-hydrogen) atoms. The molecule has 1 aliphatic rings. The van der Waals surface area contributed by atoms with Gasteiger partial charge in [-0.15, -0.1) is 0 Å². The number of allylic oxidation sites excluding steroid dienone is 1. The van der Waals surface area contributed by atoms with E-state index < -0.39 is 5.60 Å². The van der Waals surface area contributed by atoms with Gasteiger partial charge in [0.15, 0.2) is 0 Å². The van der Waals surface area contributed by atoms with Gasteiger partial charge in [0, 0.05) is 26.2 Å². The number of hydrogen-bond donors (Lipinski definition) is 1. The SMILES string of the molecule is CC(=O)OCCC1CC[C@@H](OC(C)=O)[C@](C)(CCCC(C)C(=O)CC(=CO)C(C)C)OC1. The highest BCUT2D eigenvalue weighted by Crippen LogP contribution is 2.35. The maximum absolute atomic E-state index is 12.5. The van der Waals surface area contributed by atoms with Crippen LogP contribution in [0.5, 0.6) is 0 Å². The Bertz CT molecular complexity index is 655. The predicted molar refractivity (Wildman–Crippen MR) is 122 cm³/mol. The topological polar surface area (TPSA) is 99.1 Å². The van der Waals surface area contributed by atoms with Crippen molar-refractivity contribution in [3.63, 3.8) is 0 Å². The summed E-state index contributed by atoms with van der Waals surface area (Å²) in [5.74, 6) is -0.263. The number of carbonyl (C=O) groups excluding carboxylic acids is 3. The van der Waals surface area contributed by atoms with Gasteiger partial charge in [-0.3, -0.25) is 14.4 Å². The van der Waals surface area contributed by atoms with Gasteiger partial charge in [-0.1, -0.05) is 20.8 Å². The molecule has 184 valence electrons. The van der Waals surface area contributed by atoms with E-state index in [1.54, 1.807) is 0 Å². The Morgan fingerprint density at radius 3 is 2.41 bits per heavy atom. The van der Waals surface area contributed by atoms with Crippen LogP contribution in [0.3, 0.4) is 0 Å². The molecule has 7 nitrogen and oxygen atoms in total. The molecule has 0 aliphatic carbocycles. The summed E-state index contributed by atoms with van der Waals surface area (Å²) < 4.78 is 17.0. The van der Waals surface area contributed by atoms with Crippen molar-refractivity contribution < 1.29 is 33.7 Å². The maximum atomic E-state index is 12.5. The van der Waals surface area contributed by atoms with Crippen molar-refractivity contribution in [2.45, 2.75) is 98.2 Å².